The molecule has 25 heavy (non-hydrogen) atoms. The van der Waals surface area contributed by atoms with E-state index in [0.717, 1.165) is 33.6 Å². The number of dihydropyridines is 1. The number of rotatable bonds is 1. The summed E-state index contributed by atoms with van der Waals surface area (Å²) in [6.45, 7) is 7.77. The van der Waals surface area contributed by atoms with Crippen LogP contribution in [-0.4, -0.2) is 21.6 Å². The number of benzene rings is 1. The van der Waals surface area contributed by atoms with Crippen molar-refractivity contribution >= 4 is 16.8 Å². The lowest BCUT2D eigenvalue weighted by Gasteiger charge is -2.30. The van der Waals surface area contributed by atoms with Gasteiger partial charge < -0.3 is 10.6 Å². The largest absolute Gasteiger partial charge is 0.359 e. The van der Waals surface area contributed by atoms with Crippen LogP contribution in [0.3, 0.4) is 0 Å². The van der Waals surface area contributed by atoms with E-state index in [0.29, 0.717) is 11.1 Å². The highest BCUT2D eigenvalue weighted by Crippen LogP contribution is 2.43. The van der Waals surface area contributed by atoms with Gasteiger partial charge in [-0.3, -0.25) is 9.89 Å². The molecule has 0 bridgehead atoms. The van der Waals surface area contributed by atoms with Crippen LogP contribution < -0.4 is 10.6 Å². The van der Waals surface area contributed by atoms with Crippen molar-refractivity contribution in [3.63, 3.8) is 0 Å². The number of aromatic nitrogens is 2. The average Bonchev–Trinajstić information content (AvgIpc) is 3.03. The van der Waals surface area contributed by atoms with Gasteiger partial charge in [0.1, 0.15) is 0 Å². The van der Waals surface area contributed by atoms with Gasteiger partial charge in [-0.25, -0.2) is 0 Å². The predicted molar refractivity (Wildman–Crippen MR) is 94.3 cm³/mol. The van der Waals surface area contributed by atoms with E-state index < -0.39 is 5.54 Å². The summed E-state index contributed by atoms with van der Waals surface area (Å²) in [6.07, 6.45) is 0. The van der Waals surface area contributed by atoms with Crippen LogP contribution in [-0.2, 0) is 4.79 Å². The SMILES string of the molecule is CC1=C(C#N)C(c2ccc3n[nH]c(C)c3c2)C2=C(N1)C(C)(C)NC2=O. The summed E-state index contributed by atoms with van der Waals surface area (Å²) in [5.74, 6) is -0.497. The summed E-state index contributed by atoms with van der Waals surface area (Å²) < 4.78 is 0. The van der Waals surface area contributed by atoms with Crippen LogP contribution in [0.1, 0.15) is 37.9 Å². The molecular formula is C19H19N5O. The third kappa shape index (κ3) is 2.09. The van der Waals surface area contributed by atoms with Crippen LogP contribution in [0, 0.1) is 18.3 Å². The number of hydrogen-bond donors (Lipinski definition) is 3. The highest BCUT2D eigenvalue weighted by molar-refractivity contribution is 6.01. The number of hydrogen-bond acceptors (Lipinski definition) is 4. The van der Waals surface area contributed by atoms with Gasteiger partial charge in [-0.05, 0) is 45.4 Å². The van der Waals surface area contributed by atoms with Crippen LogP contribution in [0.5, 0.6) is 0 Å². The molecule has 3 heterocycles. The standard InChI is InChI=1S/C19H19N5O/c1-9-13(8-20)15(16-17(21-9)19(3,4)22-18(16)25)11-5-6-14-12(7-11)10(2)23-24-14/h5-7,15,21H,1-4H3,(H,22,25)(H,23,24). The number of amides is 1. The first kappa shape index (κ1) is 15.5. The minimum absolute atomic E-state index is 0.123. The molecule has 0 spiro atoms. The van der Waals surface area contributed by atoms with E-state index in [4.69, 9.17) is 0 Å². The van der Waals surface area contributed by atoms with Gasteiger partial charge in [-0.15, -0.1) is 0 Å². The van der Waals surface area contributed by atoms with Gasteiger partial charge in [0.05, 0.1) is 39.9 Å². The predicted octanol–water partition coefficient (Wildman–Crippen LogP) is 2.52. The molecule has 126 valence electrons. The van der Waals surface area contributed by atoms with Crippen molar-refractivity contribution in [1.29, 1.82) is 5.26 Å². The monoisotopic (exact) mass is 333 g/mol. The highest BCUT2D eigenvalue weighted by atomic mass is 16.2. The number of carbonyl (C=O) groups excluding carboxylic acids is 1. The number of nitrogens with zero attached hydrogens (tertiary/aromatic N) is 2. The molecule has 1 atom stereocenters. The van der Waals surface area contributed by atoms with Crippen molar-refractivity contribution in [2.75, 3.05) is 0 Å². The van der Waals surface area contributed by atoms with Gasteiger partial charge in [0.2, 0.25) is 0 Å². The van der Waals surface area contributed by atoms with E-state index in [-0.39, 0.29) is 11.8 Å². The Labute approximate surface area is 145 Å². The van der Waals surface area contributed by atoms with Crippen LogP contribution in [0.2, 0.25) is 0 Å². The van der Waals surface area contributed by atoms with Crippen molar-refractivity contribution < 1.29 is 4.79 Å². The molecule has 0 aliphatic carbocycles. The molecule has 4 rings (SSSR count). The summed E-state index contributed by atoms with van der Waals surface area (Å²) >= 11 is 0. The fourth-order valence-corrected chi connectivity index (χ4v) is 3.80. The zero-order valence-corrected chi connectivity index (χ0v) is 14.6. The van der Waals surface area contributed by atoms with Gasteiger partial charge in [0.15, 0.2) is 0 Å². The van der Waals surface area contributed by atoms with E-state index in [1.54, 1.807) is 0 Å². The number of carbonyl (C=O) groups is 1. The third-order valence-corrected chi connectivity index (χ3v) is 5.08. The molecule has 2 aliphatic heterocycles. The maximum absolute atomic E-state index is 12.7. The second kappa shape index (κ2) is 4.96. The van der Waals surface area contributed by atoms with Crippen molar-refractivity contribution in [3.05, 3.63) is 52.0 Å². The zero-order valence-electron chi connectivity index (χ0n) is 14.6. The molecule has 0 radical (unpaired) electrons. The Morgan fingerprint density at radius 3 is 2.76 bits per heavy atom. The maximum atomic E-state index is 12.7. The van der Waals surface area contributed by atoms with E-state index in [2.05, 4.69) is 26.9 Å². The van der Waals surface area contributed by atoms with E-state index in [1.165, 1.54) is 0 Å². The molecule has 1 unspecified atom stereocenters. The molecule has 0 fully saturated rings. The first-order chi connectivity index (χ1) is 11.8. The molecule has 1 amide bonds. The summed E-state index contributed by atoms with van der Waals surface area (Å²) in [4.78, 5) is 12.7. The molecule has 1 aromatic heterocycles. The third-order valence-electron chi connectivity index (χ3n) is 5.08. The quantitative estimate of drug-likeness (QED) is 0.747. The van der Waals surface area contributed by atoms with Crippen molar-refractivity contribution in [2.45, 2.75) is 39.2 Å². The number of allylic oxidation sites excluding steroid dienone is 2. The molecule has 3 N–H and O–H groups in total. The normalized spacial score (nSPS) is 21.9. The number of fused-ring (bicyclic) bond motifs is 1. The van der Waals surface area contributed by atoms with Gasteiger partial charge in [0.25, 0.3) is 5.91 Å². The lowest BCUT2D eigenvalue weighted by Crippen LogP contribution is -2.41. The van der Waals surface area contributed by atoms with E-state index >= 15 is 0 Å². The minimum Gasteiger partial charge on any atom is -0.359 e. The Morgan fingerprint density at radius 2 is 2.04 bits per heavy atom. The smallest absolute Gasteiger partial charge is 0.250 e. The summed E-state index contributed by atoms with van der Waals surface area (Å²) in [7, 11) is 0. The molecule has 1 aromatic carbocycles. The van der Waals surface area contributed by atoms with Crippen molar-refractivity contribution in [1.82, 2.24) is 20.8 Å². The number of aromatic amines is 1. The summed E-state index contributed by atoms with van der Waals surface area (Å²) in [5.41, 5.74) is 5.13. The van der Waals surface area contributed by atoms with Crippen LogP contribution >= 0.6 is 0 Å². The Bertz CT molecular complexity index is 1030. The molecule has 6 nitrogen and oxygen atoms in total. The fourth-order valence-electron chi connectivity index (χ4n) is 3.80. The summed E-state index contributed by atoms with van der Waals surface area (Å²) in [5, 5.41) is 24.3. The van der Waals surface area contributed by atoms with E-state index in [1.807, 2.05) is 45.9 Å². The fraction of sp³-hybridized carbons (Fsp3) is 0.316. The molecular weight excluding hydrogens is 314 g/mol. The molecule has 0 saturated heterocycles. The minimum atomic E-state index is -0.484. The second-order valence-corrected chi connectivity index (χ2v) is 7.20. The van der Waals surface area contributed by atoms with Gasteiger partial charge in [-0.1, -0.05) is 6.07 Å². The van der Waals surface area contributed by atoms with Crippen LogP contribution in [0.4, 0.5) is 0 Å². The Balaban J connectivity index is 1.97. The van der Waals surface area contributed by atoms with Crippen molar-refractivity contribution in [2.24, 2.45) is 0 Å². The Hall–Kier alpha value is -3.07. The number of nitrogens with one attached hydrogen (secondary N) is 3. The highest BCUT2D eigenvalue weighted by Gasteiger charge is 2.45. The lowest BCUT2D eigenvalue weighted by atomic mass is 9.79. The number of H-pyrrole nitrogens is 1. The number of nitriles is 1. The summed E-state index contributed by atoms with van der Waals surface area (Å²) in [6, 6.07) is 8.20. The first-order valence-electron chi connectivity index (χ1n) is 8.23. The number of aryl methyl sites for hydroxylation is 1. The molecule has 0 saturated carbocycles. The van der Waals surface area contributed by atoms with Gasteiger partial charge >= 0.3 is 0 Å². The molecule has 6 heteroatoms. The Kier molecular flexibility index (Phi) is 3.07. The molecule has 2 aliphatic rings. The van der Waals surface area contributed by atoms with Crippen LogP contribution in [0.15, 0.2) is 40.7 Å². The lowest BCUT2D eigenvalue weighted by molar-refractivity contribution is -0.117. The topological polar surface area (TPSA) is 93.6 Å². The van der Waals surface area contributed by atoms with E-state index in [9.17, 15) is 10.1 Å². The van der Waals surface area contributed by atoms with Gasteiger partial charge in [-0.2, -0.15) is 10.4 Å². The van der Waals surface area contributed by atoms with Gasteiger partial charge in [0, 0.05) is 16.8 Å². The average molecular weight is 333 g/mol. The second-order valence-electron chi connectivity index (χ2n) is 7.20. The first-order valence-corrected chi connectivity index (χ1v) is 8.23. The zero-order chi connectivity index (χ0) is 17.9. The van der Waals surface area contributed by atoms with Crippen LogP contribution in [0.25, 0.3) is 10.9 Å². The molecule has 2 aromatic rings. The Morgan fingerprint density at radius 1 is 1.28 bits per heavy atom. The maximum Gasteiger partial charge on any atom is 0.250 e. The van der Waals surface area contributed by atoms with Crippen molar-refractivity contribution in [3.8, 4) is 6.07 Å².